The summed E-state index contributed by atoms with van der Waals surface area (Å²) in [4.78, 5) is 18.8. The van der Waals surface area contributed by atoms with E-state index in [1.165, 1.54) is 27.7 Å². The summed E-state index contributed by atoms with van der Waals surface area (Å²) in [6.07, 6.45) is 1.91. The van der Waals surface area contributed by atoms with Gasteiger partial charge in [0.2, 0.25) is 0 Å². The molecule has 5 nitrogen and oxygen atoms in total. The molecule has 0 bridgehead atoms. The van der Waals surface area contributed by atoms with E-state index < -0.39 is 0 Å². The number of rotatable bonds is 6. The normalized spacial score (nSPS) is 12.2. The van der Waals surface area contributed by atoms with Gasteiger partial charge in [-0.2, -0.15) is 0 Å². The average Bonchev–Trinajstić information content (AvgIpc) is 3.39. The minimum atomic E-state index is -0.0552. The van der Waals surface area contributed by atoms with E-state index in [0.29, 0.717) is 34.2 Å². The van der Waals surface area contributed by atoms with E-state index >= 15 is 0 Å². The van der Waals surface area contributed by atoms with Crippen molar-refractivity contribution >= 4 is 66.8 Å². The van der Waals surface area contributed by atoms with Crippen molar-refractivity contribution in [1.82, 2.24) is 9.38 Å². The lowest BCUT2D eigenvalue weighted by Crippen LogP contribution is -2.22. The fraction of sp³-hybridized carbons (Fsp3) is 0.161. The van der Waals surface area contributed by atoms with E-state index in [-0.39, 0.29) is 5.56 Å². The smallest absolute Gasteiger partial charge is 0.274 e. The van der Waals surface area contributed by atoms with Crippen molar-refractivity contribution in [3.05, 3.63) is 107 Å². The summed E-state index contributed by atoms with van der Waals surface area (Å²) in [5.41, 5.74) is 5.94. The van der Waals surface area contributed by atoms with Crippen LogP contribution in [0.1, 0.15) is 29.2 Å². The van der Waals surface area contributed by atoms with Crippen LogP contribution >= 0.6 is 33.9 Å². The molecule has 0 unspecified atom stereocenters. The van der Waals surface area contributed by atoms with Crippen LogP contribution < -0.4 is 19.6 Å². The molecule has 0 aliphatic carbocycles. The van der Waals surface area contributed by atoms with Crippen LogP contribution in [0.25, 0.3) is 32.8 Å². The number of imidazole rings is 1. The van der Waals surface area contributed by atoms with Gasteiger partial charge < -0.3 is 9.47 Å². The van der Waals surface area contributed by atoms with Crippen LogP contribution in [0.15, 0.2) is 71.5 Å². The summed E-state index contributed by atoms with van der Waals surface area (Å²) >= 11 is 3.68. The van der Waals surface area contributed by atoms with Crippen LogP contribution in [0.2, 0.25) is 0 Å². The minimum Gasteiger partial charge on any atom is -0.490 e. The average molecular weight is 633 g/mol. The molecule has 0 aliphatic rings. The van der Waals surface area contributed by atoms with Crippen molar-refractivity contribution in [1.29, 1.82) is 0 Å². The largest absolute Gasteiger partial charge is 0.490 e. The molecule has 2 heterocycles. The van der Waals surface area contributed by atoms with Crippen molar-refractivity contribution < 1.29 is 9.47 Å². The monoisotopic (exact) mass is 632 g/mol. The Morgan fingerprint density at radius 1 is 0.974 bits per heavy atom. The highest BCUT2D eigenvalue weighted by Crippen LogP contribution is 2.35. The second-order valence-corrected chi connectivity index (χ2v) is 11.5. The number of benzene rings is 4. The molecule has 0 saturated heterocycles. The number of halogens is 1. The summed E-state index contributed by atoms with van der Waals surface area (Å²) in [5.74, 6) is 1.37. The van der Waals surface area contributed by atoms with Crippen LogP contribution in [0.3, 0.4) is 0 Å². The Kier molecular flexibility index (Phi) is 6.57. The lowest BCUT2D eigenvalue weighted by atomic mass is 10.1. The predicted molar refractivity (Wildman–Crippen MR) is 164 cm³/mol. The minimum absolute atomic E-state index is 0.0552. The Hall–Kier alpha value is -3.43. The maximum Gasteiger partial charge on any atom is 0.274 e. The quantitative estimate of drug-likeness (QED) is 0.190. The summed E-state index contributed by atoms with van der Waals surface area (Å²) < 4.78 is 15.5. The van der Waals surface area contributed by atoms with Crippen molar-refractivity contribution in [3.8, 4) is 11.5 Å². The zero-order valence-corrected chi connectivity index (χ0v) is 24.2. The van der Waals surface area contributed by atoms with Gasteiger partial charge in [-0.15, -0.1) is 0 Å². The van der Waals surface area contributed by atoms with Crippen LogP contribution in [-0.4, -0.2) is 16.0 Å². The zero-order valence-electron chi connectivity index (χ0n) is 21.2. The summed E-state index contributed by atoms with van der Waals surface area (Å²) in [6, 6.07) is 22.7. The number of hydrogen-bond acceptors (Lipinski definition) is 5. The molecule has 0 amide bonds. The number of thiazole rings is 1. The highest BCUT2D eigenvalue weighted by Gasteiger charge is 2.15. The molecule has 0 fully saturated rings. The maximum absolute atomic E-state index is 13.4. The highest BCUT2D eigenvalue weighted by atomic mass is 127. The third-order valence-corrected chi connectivity index (χ3v) is 8.45. The van der Waals surface area contributed by atoms with Crippen molar-refractivity contribution in [2.24, 2.45) is 0 Å². The fourth-order valence-corrected chi connectivity index (χ4v) is 6.40. The maximum atomic E-state index is 13.4. The van der Waals surface area contributed by atoms with Gasteiger partial charge in [-0.25, -0.2) is 9.38 Å². The lowest BCUT2D eigenvalue weighted by molar-refractivity contribution is 0.267. The molecular formula is C31H25IN2O3S. The Balaban J connectivity index is 1.35. The van der Waals surface area contributed by atoms with E-state index in [1.807, 2.05) is 49.4 Å². The van der Waals surface area contributed by atoms with Crippen LogP contribution in [0, 0.1) is 17.4 Å². The highest BCUT2D eigenvalue weighted by molar-refractivity contribution is 14.1. The van der Waals surface area contributed by atoms with E-state index in [1.54, 1.807) is 4.40 Å². The first-order valence-corrected chi connectivity index (χ1v) is 14.3. The molecule has 7 heteroatoms. The fourth-order valence-electron chi connectivity index (χ4n) is 4.63. The predicted octanol–water partition coefficient (Wildman–Crippen LogP) is 6.81. The molecule has 0 saturated carbocycles. The molecule has 0 N–H and O–H groups in total. The Morgan fingerprint density at radius 3 is 2.58 bits per heavy atom. The molecule has 0 radical (unpaired) electrons. The molecule has 4 aromatic carbocycles. The summed E-state index contributed by atoms with van der Waals surface area (Å²) in [5, 5.41) is 2.39. The third kappa shape index (κ3) is 4.54. The Labute approximate surface area is 237 Å². The van der Waals surface area contributed by atoms with Gasteiger partial charge >= 0.3 is 0 Å². The third-order valence-electron chi connectivity index (χ3n) is 6.68. The van der Waals surface area contributed by atoms with Gasteiger partial charge in [0.05, 0.1) is 25.7 Å². The zero-order chi connectivity index (χ0) is 26.4. The molecule has 38 heavy (non-hydrogen) atoms. The van der Waals surface area contributed by atoms with Crippen LogP contribution in [0.4, 0.5) is 0 Å². The topological polar surface area (TPSA) is 52.8 Å². The Morgan fingerprint density at radius 2 is 1.76 bits per heavy atom. The Bertz CT molecular complexity index is 1960. The molecule has 2 aromatic heterocycles. The van der Waals surface area contributed by atoms with Crippen LogP contribution in [-0.2, 0) is 6.61 Å². The molecule has 0 atom stereocenters. The van der Waals surface area contributed by atoms with Gasteiger partial charge in [-0.05, 0) is 113 Å². The van der Waals surface area contributed by atoms with Gasteiger partial charge in [0.15, 0.2) is 16.5 Å². The first kappa shape index (κ1) is 24.9. The van der Waals surface area contributed by atoms with Gasteiger partial charge in [-0.3, -0.25) is 4.79 Å². The molecular weight excluding hydrogens is 607 g/mol. The van der Waals surface area contributed by atoms with E-state index in [2.05, 4.69) is 66.8 Å². The first-order chi connectivity index (χ1) is 18.4. The van der Waals surface area contributed by atoms with Gasteiger partial charge in [0.1, 0.15) is 6.61 Å². The number of hydrogen-bond donors (Lipinski definition) is 0. The molecule has 190 valence electrons. The van der Waals surface area contributed by atoms with Crippen molar-refractivity contribution in [2.45, 2.75) is 27.4 Å². The van der Waals surface area contributed by atoms with Gasteiger partial charge in [-0.1, -0.05) is 47.7 Å². The second-order valence-electron chi connectivity index (χ2n) is 9.30. The molecule has 6 rings (SSSR count). The number of aryl methyl sites for hydroxylation is 2. The van der Waals surface area contributed by atoms with E-state index in [9.17, 15) is 4.79 Å². The first-order valence-electron chi connectivity index (χ1n) is 12.4. The summed E-state index contributed by atoms with van der Waals surface area (Å²) in [6.45, 7) is 7.01. The van der Waals surface area contributed by atoms with Crippen LogP contribution in [0.5, 0.6) is 11.5 Å². The van der Waals surface area contributed by atoms with E-state index in [4.69, 9.17) is 14.5 Å². The second kappa shape index (κ2) is 10.0. The number of ether oxygens (including phenoxy) is 2. The van der Waals surface area contributed by atoms with Crippen molar-refractivity contribution in [3.63, 3.8) is 0 Å². The lowest BCUT2D eigenvalue weighted by Gasteiger charge is -2.15. The SMILES string of the molecule is CCOc1cc(/C=c2\sc3nc4cc(C)c(C)cc4n3c2=O)cc(I)c1OCc1ccc2ccccc2c1. The van der Waals surface area contributed by atoms with Gasteiger partial charge in [0.25, 0.3) is 5.56 Å². The molecule has 0 aliphatic heterocycles. The molecule has 0 spiro atoms. The number of aromatic nitrogens is 2. The molecule has 6 aromatic rings. The van der Waals surface area contributed by atoms with E-state index in [0.717, 1.165) is 31.3 Å². The summed E-state index contributed by atoms with van der Waals surface area (Å²) in [7, 11) is 0. The van der Waals surface area contributed by atoms with Gasteiger partial charge in [0, 0.05) is 0 Å². The standard InChI is InChI=1S/C31H25IN2O3S/c1-4-36-27-15-21(14-24(32)29(27)37-17-20-9-10-22-7-5-6-8-23(22)13-20)16-28-30(35)34-26-12-19(3)18(2)11-25(26)33-31(34)38-28/h5-16H,4,17H2,1-3H3/b28-16-. The van der Waals surface area contributed by atoms with Crippen molar-refractivity contribution in [2.75, 3.05) is 6.61 Å². The number of nitrogens with zero attached hydrogens (tertiary/aromatic N) is 2. The number of fused-ring (bicyclic) bond motifs is 4.